The molecule has 216 valence electrons. The van der Waals surface area contributed by atoms with Crippen LogP contribution in [0, 0.1) is 5.82 Å². The molecule has 1 aliphatic rings. The number of para-hydroxylation sites is 1. The first-order valence-electron chi connectivity index (χ1n) is 13.7. The van der Waals surface area contributed by atoms with Crippen molar-refractivity contribution >= 4 is 26.8 Å². The van der Waals surface area contributed by atoms with Crippen LogP contribution in [0.3, 0.4) is 0 Å². The minimum atomic E-state index is -3.49. The van der Waals surface area contributed by atoms with Crippen LogP contribution < -0.4 is 15.2 Å². The maximum absolute atomic E-state index is 14.1. The summed E-state index contributed by atoms with van der Waals surface area (Å²) in [6, 6.07) is 18.5. The third-order valence-electron chi connectivity index (χ3n) is 7.61. The van der Waals surface area contributed by atoms with Crippen molar-refractivity contribution in [2.24, 2.45) is 5.73 Å². The monoisotopic (exact) mass is 579 g/mol. The van der Waals surface area contributed by atoms with E-state index in [2.05, 4.69) is 11.1 Å². The fourth-order valence-electron chi connectivity index (χ4n) is 5.57. The summed E-state index contributed by atoms with van der Waals surface area (Å²) in [6.45, 7) is 0.877. The first-order valence-corrected chi connectivity index (χ1v) is 15.3. The number of hydrogen-bond acceptors (Lipinski definition) is 5. The van der Waals surface area contributed by atoms with Gasteiger partial charge in [-0.1, -0.05) is 36.4 Å². The van der Waals surface area contributed by atoms with Crippen LogP contribution in [0.5, 0.6) is 11.5 Å². The molecular formula is C31H34FN3O5S. The zero-order valence-electron chi connectivity index (χ0n) is 22.9. The smallest absolute Gasteiger partial charge is 0.221 e. The number of aromatic amines is 1. The van der Waals surface area contributed by atoms with Crippen LogP contribution in [0.4, 0.5) is 4.39 Å². The van der Waals surface area contributed by atoms with Gasteiger partial charge in [0.05, 0.1) is 25.9 Å². The van der Waals surface area contributed by atoms with Crippen molar-refractivity contribution in [1.29, 1.82) is 0 Å². The standard InChI is InChI=1S/C31H34FN3O5S/c1-39-28-10-5-9-27(32)31(28)40-15-6-16-41(37,38)35-13-11-22(12-14-35)26-20-34-30-24(19-29(33)36)17-23(18-25(26)30)21-7-3-2-4-8-21/h2-5,7-10,17-18,20,22,34H,6,11-16,19H2,1H3,(H2,33,36). The van der Waals surface area contributed by atoms with E-state index in [9.17, 15) is 17.6 Å². The van der Waals surface area contributed by atoms with Crippen LogP contribution in [0.2, 0.25) is 0 Å². The van der Waals surface area contributed by atoms with Crippen molar-refractivity contribution in [2.45, 2.75) is 31.6 Å². The number of rotatable bonds is 11. The Balaban J connectivity index is 1.25. The van der Waals surface area contributed by atoms with E-state index in [1.165, 1.54) is 23.5 Å². The third-order valence-corrected chi connectivity index (χ3v) is 9.56. The van der Waals surface area contributed by atoms with Gasteiger partial charge in [0.1, 0.15) is 0 Å². The molecule has 0 radical (unpaired) electrons. The average molecular weight is 580 g/mol. The molecule has 5 rings (SSSR count). The molecule has 0 aliphatic carbocycles. The Kier molecular flexibility index (Phi) is 8.60. The van der Waals surface area contributed by atoms with Gasteiger partial charge in [-0.3, -0.25) is 4.79 Å². The number of piperidine rings is 1. The summed E-state index contributed by atoms with van der Waals surface area (Å²) in [5, 5.41) is 1.03. The van der Waals surface area contributed by atoms with Gasteiger partial charge in [0, 0.05) is 30.2 Å². The van der Waals surface area contributed by atoms with Gasteiger partial charge in [0.15, 0.2) is 17.3 Å². The highest BCUT2D eigenvalue weighted by atomic mass is 32.2. The Hall–Kier alpha value is -3.89. The Morgan fingerprint density at radius 1 is 1.07 bits per heavy atom. The molecule has 0 atom stereocenters. The molecule has 1 amide bonds. The second-order valence-electron chi connectivity index (χ2n) is 10.3. The maximum Gasteiger partial charge on any atom is 0.221 e. The molecule has 3 N–H and O–H groups in total. The minimum absolute atomic E-state index is 0.0126. The number of halogens is 1. The number of benzene rings is 3. The fraction of sp³-hybridized carbons (Fsp3) is 0.323. The minimum Gasteiger partial charge on any atom is -0.493 e. The largest absolute Gasteiger partial charge is 0.493 e. The molecule has 2 heterocycles. The van der Waals surface area contributed by atoms with E-state index in [0.29, 0.717) is 25.9 Å². The van der Waals surface area contributed by atoms with E-state index in [4.69, 9.17) is 15.2 Å². The van der Waals surface area contributed by atoms with Crippen LogP contribution in [0.1, 0.15) is 36.3 Å². The van der Waals surface area contributed by atoms with E-state index in [1.807, 2.05) is 42.6 Å². The van der Waals surface area contributed by atoms with Crippen LogP contribution in [0.25, 0.3) is 22.0 Å². The number of carbonyl (C=O) groups is 1. The number of nitrogens with one attached hydrogen (secondary N) is 1. The first-order chi connectivity index (χ1) is 19.8. The van der Waals surface area contributed by atoms with Crippen molar-refractivity contribution in [2.75, 3.05) is 32.6 Å². The van der Waals surface area contributed by atoms with Crippen molar-refractivity contribution in [3.63, 3.8) is 0 Å². The molecule has 0 unspecified atom stereocenters. The number of nitrogens with zero attached hydrogens (tertiary/aromatic N) is 1. The van der Waals surface area contributed by atoms with E-state index in [-0.39, 0.29) is 42.6 Å². The number of methoxy groups -OCH3 is 1. The molecule has 1 saturated heterocycles. The third kappa shape index (κ3) is 6.39. The number of fused-ring (bicyclic) bond motifs is 1. The molecule has 0 saturated carbocycles. The van der Waals surface area contributed by atoms with Gasteiger partial charge in [-0.05, 0) is 71.7 Å². The Morgan fingerprint density at radius 3 is 2.54 bits per heavy atom. The summed E-state index contributed by atoms with van der Waals surface area (Å²) in [7, 11) is -2.07. The molecule has 1 aromatic heterocycles. The fourth-order valence-corrected chi connectivity index (χ4v) is 7.08. The number of ether oxygens (including phenoxy) is 2. The highest BCUT2D eigenvalue weighted by molar-refractivity contribution is 7.89. The van der Waals surface area contributed by atoms with Crippen molar-refractivity contribution < 1.29 is 27.1 Å². The summed E-state index contributed by atoms with van der Waals surface area (Å²) < 4.78 is 52.4. The van der Waals surface area contributed by atoms with Crippen LogP contribution in [0.15, 0.2) is 66.9 Å². The molecule has 10 heteroatoms. The molecule has 4 aromatic rings. The Bertz CT molecular complexity index is 1630. The highest BCUT2D eigenvalue weighted by Gasteiger charge is 2.30. The van der Waals surface area contributed by atoms with Gasteiger partial charge in [-0.15, -0.1) is 0 Å². The first kappa shape index (κ1) is 28.6. The summed E-state index contributed by atoms with van der Waals surface area (Å²) in [6.07, 6.45) is 3.69. The molecule has 0 spiro atoms. The van der Waals surface area contributed by atoms with Crippen LogP contribution >= 0.6 is 0 Å². The molecule has 41 heavy (non-hydrogen) atoms. The topological polar surface area (TPSA) is 115 Å². The second-order valence-corrected chi connectivity index (χ2v) is 12.4. The van der Waals surface area contributed by atoms with Gasteiger partial charge < -0.3 is 20.2 Å². The molecule has 0 bridgehead atoms. The van der Waals surface area contributed by atoms with Gasteiger partial charge in [0.2, 0.25) is 15.9 Å². The normalized spacial score (nSPS) is 14.8. The molecule has 8 nitrogen and oxygen atoms in total. The number of nitrogens with two attached hydrogens (primary N) is 1. The number of H-pyrrole nitrogens is 1. The van der Waals surface area contributed by atoms with E-state index in [1.54, 1.807) is 6.07 Å². The van der Waals surface area contributed by atoms with Gasteiger partial charge >= 0.3 is 0 Å². The summed E-state index contributed by atoms with van der Waals surface area (Å²) in [5.74, 6) is -0.613. The second kappa shape index (κ2) is 12.3. The molecule has 3 aromatic carbocycles. The number of aromatic nitrogens is 1. The SMILES string of the molecule is COc1cccc(F)c1OCCCS(=O)(=O)N1CCC(c2c[nH]c3c(CC(N)=O)cc(-c4ccccc4)cc23)CC1. The van der Waals surface area contributed by atoms with E-state index in [0.717, 1.165) is 33.2 Å². The maximum atomic E-state index is 14.1. The lowest BCUT2D eigenvalue weighted by molar-refractivity contribution is -0.117. The van der Waals surface area contributed by atoms with Crippen LogP contribution in [-0.4, -0.2) is 56.2 Å². The zero-order chi connectivity index (χ0) is 29.0. The van der Waals surface area contributed by atoms with Crippen LogP contribution in [-0.2, 0) is 21.2 Å². The number of amides is 1. The molecular weight excluding hydrogens is 545 g/mol. The van der Waals surface area contributed by atoms with Gasteiger partial charge in [-0.2, -0.15) is 0 Å². The number of hydrogen-bond donors (Lipinski definition) is 2. The molecule has 1 fully saturated rings. The quantitative estimate of drug-likeness (QED) is 0.243. The lowest BCUT2D eigenvalue weighted by Crippen LogP contribution is -2.39. The Labute approximate surface area is 239 Å². The summed E-state index contributed by atoms with van der Waals surface area (Å²) in [5.41, 5.74) is 10.5. The zero-order valence-corrected chi connectivity index (χ0v) is 23.8. The van der Waals surface area contributed by atoms with Crippen molar-refractivity contribution in [3.8, 4) is 22.6 Å². The Morgan fingerprint density at radius 2 is 1.83 bits per heavy atom. The predicted octanol–water partition coefficient (Wildman–Crippen LogP) is 4.99. The number of sulfonamides is 1. The number of primary amides is 1. The van der Waals surface area contributed by atoms with E-state index < -0.39 is 21.7 Å². The summed E-state index contributed by atoms with van der Waals surface area (Å²) >= 11 is 0. The lowest BCUT2D eigenvalue weighted by atomic mass is 9.88. The number of carbonyl (C=O) groups excluding carboxylic acids is 1. The average Bonchev–Trinajstić information content (AvgIpc) is 3.40. The van der Waals surface area contributed by atoms with Crippen molar-refractivity contribution in [3.05, 3.63) is 83.8 Å². The lowest BCUT2D eigenvalue weighted by Gasteiger charge is -2.31. The van der Waals surface area contributed by atoms with Gasteiger partial charge in [0.25, 0.3) is 0 Å². The van der Waals surface area contributed by atoms with Gasteiger partial charge in [-0.25, -0.2) is 17.1 Å². The highest BCUT2D eigenvalue weighted by Crippen LogP contribution is 2.37. The predicted molar refractivity (Wildman–Crippen MR) is 157 cm³/mol. The van der Waals surface area contributed by atoms with E-state index >= 15 is 0 Å². The summed E-state index contributed by atoms with van der Waals surface area (Å²) in [4.78, 5) is 15.2. The molecule has 1 aliphatic heterocycles. The van der Waals surface area contributed by atoms with Crippen molar-refractivity contribution in [1.82, 2.24) is 9.29 Å².